The van der Waals surface area contributed by atoms with Crippen LogP contribution in [-0.4, -0.2) is 130 Å². The first kappa shape index (κ1) is 80.2. The molecule has 0 atom stereocenters. The van der Waals surface area contributed by atoms with E-state index in [1.54, 1.807) is 34.1 Å². The fraction of sp³-hybridized carbons (Fsp3) is 0.419. The zero-order chi connectivity index (χ0) is 73.8. The van der Waals surface area contributed by atoms with E-state index in [-0.39, 0.29) is 60.3 Å². The third-order valence-corrected chi connectivity index (χ3v) is 16.6. The number of fused-ring (bicyclic) bond motifs is 3. The monoisotopic (exact) mass is 1440 g/mol. The summed E-state index contributed by atoms with van der Waals surface area (Å²) >= 11 is 19.4. The highest BCUT2D eigenvalue weighted by Gasteiger charge is 2.29. The minimum Gasteiger partial charge on any atom is -0.481 e. The van der Waals surface area contributed by atoms with Gasteiger partial charge in [-0.25, -0.2) is 27.6 Å². The van der Waals surface area contributed by atoms with Gasteiger partial charge in [-0.05, 0) is 226 Å². The minimum absolute atomic E-state index is 0.0197. The SMILES string of the molecule is CC(C)(C)OC(=O)N1CCc2ccc(Cl)c(NCc3ccc(C(=O)O)c(F)c3)c2CC1.CC(C)NC(=O)c1ccc(CNc2c(Cl)ccc3c2CCN(C(=O)OC(C)(C)C)CC3)cc1F.CC(C)NC(=O)c1ccc(CNc2c(Cl)ccc3c2CCNCC3)cc1F.O=C(O)CCC(=O)O. The Morgan fingerprint density at radius 3 is 1.11 bits per heavy atom. The van der Waals surface area contributed by atoms with Crippen molar-refractivity contribution in [1.29, 1.82) is 0 Å². The van der Waals surface area contributed by atoms with Gasteiger partial charge in [-0.2, -0.15) is 0 Å². The van der Waals surface area contributed by atoms with Gasteiger partial charge >= 0.3 is 30.1 Å². The molecule has 0 saturated heterocycles. The maximum absolute atomic E-state index is 14.6. The van der Waals surface area contributed by atoms with Crippen LogP contribution in [0.1, 0.15) is 163 Å². The number of rotatable bonds is 17. The zero-order valence-electron chi connectivity index (χ0n) is 58.0. The van der Waals surface area contributed by atoms with Gasteiger partial charge in [-0.15, -0.1) is 0 Å². The number of amides is 4. The van der Waals surface area contributed by atoms with Crippen LogP contribution >= 0.6 is 34.8 Å². The van der Waals surface area contributed by atoms with Gasteiger partial charge in [0, 0.05) is 57.9 Å². The molecule has 100 heavy (non-hydrogen) atoms. The predicted octanol–water partition coefficient (Wildman–Crippen LogP) is 14.5. The molecule has 3 aliphatic rings. The number of nitrogens with one attached hydrogen (secondary N) is 6. The van der Waals surface area contributed by atoms with Crippen molar-refractivity contribution < 1.29 is 71.5 Å². The molecule has 0 aliphatic carbocycles. The molecule has 540 valence electrons. The molecule has 0 spiro atoms. The summed E-state index contributed by atoms with van der Waals surface area (Å²) in [4.78, 5) is 82.9. The van der Waals surface area contributed by atoms with Gasteiger partial charge in [-0.3, -0.25) is 19.2 Å². The van der Waals surface area contributed by atoms with Gasteiger partial charge < -0.3 is 66.5 Å². The number of benzene rings is 6. The molecule has 26 heteroatoms. The first-order valence-corrected chi connectivity index (χ1v) is 34.1. The number of carboxylic acid groups (broad SMARTS) is 3. The molecular formula is C74H90Cl3F3N8O12. The van der Waals surface area contributed by atoms with Crippen molar-refractivity contribution in [1.82, 2.24) is 25.8 Å². The van der Waals surface area contributed by atoms with E-state index in [4.69, 9.17) is 59.6 Å². The maximum Gasteiger partial charge on any atom is 0.410 e. The van der Waals surface area contributed by atoms with Crippen LogP contribution in [0.3, 0.4) is 0 Å². The van der Waals surface area contributed by atoms with Crippen LogP contribution in [0.5, 0.6) is 0 Å². The van der Waals surface area contributed by atoms with Gasteiger partial charge in [0.1, 0.15) is 28.7 Å². The standard InChI is InChI=1S/C26H33ClFN3O3.C23H26ClFN2O4.C21H25ClFN3O.C4H6O4/c1-16(2)30-24(32)20-8-6-17(14-22(20)28)15-29-23-19-11-13-31(25(33)34-26(3,4)5)12-10-18(19)7-9-21(23)27;1-23(2,3)31-22(30)27-10-8-15-5-7-18(24)20(16(15)9-11-27)26-13-14-4-6-17(21(28)29)19(25)12-14;1-13(2)26-21(27)17-5-3-14(11-19(17)23)12-25-20-16-8-10-24-9-7-15(16)4-6-18(20)22;5-3(6)1-2-4(7)8/h6-9,14,16,29H,10-13,15H2,1-5H3,(H,30,32);4-7,12,26H,8-11,13H2,1-3H3,(H,28,29);3-6,11,13,24-25H,7-10,12H2,1-2H3,(H,26,27);1-2H2,(H,5,6)(H,7,8). The molecule has 9 rings (SSSR count). The molecule has 3 heterocycles. The Morgan fingerprint density at radius 1 is 0.470 bits per heavy atom. The van der Waals surface area contributed by atoms with E-state index in [2.05, 4.69) is 38.0 Å². The predicted molar refractivity (Wildman–Crippen MR) is 383 cm³/mol. The molecule has 0 aromatic heterocycles. The van der Waals surface area contributed by atoms with Crippen molar-refractivity contribution in [3.05, 3.63) is 190 Å². The highest BCUT2D eigenvalue weighted by molar-refractivity contribution is 6.34. The van der Waals surface area contributed by atoms with Crippen LogP contribution < -0.4 is 31.9 Å². The smallest absolute Gasteiger partial charge is 0.410 e. The number of halogens is 6. The fourth-order valence-corrected chi connectivity index (χ4v) is 11.7. The number of carbonyl (C=O) groups is 7. The van der Waals surface area contributed by atoms with Crippen LogP contribution in [0.25, 0.3) is 0 Å². The Bertz CT molecular complexity index is 3910. The Morgan fingerprint density at radius 2 is 0.790 bits per heavy atom. The second kappa shape index (κ2) is 37.1. The van der Waals surface area contributed by atoms with Crippen molar-refractivity contribution in [3.8, 4) is 0 Å². The zero-order valence-corrected chi connectivity index (χ0v) is 60.3. The van der Waals surface area contributed by atoms with Crippen molar-refractivity contribution in [2.45, 2.75) is 164 Å². The lowest BCUT2D eigenvalue weighted by molar-refractivity contribution is -0.143. The topological polar surface area (TPSA) is 277 Å². The molecule has 0 saturated carbocycles. The van der Waals surface area contributed by atoms with E-state index in [0.29, 0.717) is 91.1 Å². The molecular weight excluding hydrogens is 1360 g/mol. The third kappa shape index (κ3) is 24.8. The highest BCUT2D eigenvalue weighted by Crippen LogP contribution is 2.35. The number of carbonyl (C=O) groups excluding carboxylic acids is 4. The molecule has 6 aromatic carbocycles. The number of aromatic carboxylic acids is 1. The second-order valence-electron chi connectivity index (χ2n) is 26.7. The van der Waals surface area contributed by atoms with Crippen LogP contribution in [-0.2, 0) is 77.2 Å². The number of carboxylic acids is 3. The van der Waals surface area contributed by atoms with E-state index in [1.165, 1.54) is 47.5 Å². The Hall–Kier alpha value is -8.77. The van der Waals surface area contributed by atoms with Crippen molar-refractivity contribution in [2.75, 3.05) is 55.2 Å². The average molecular weight is 1450 g/mol. The largest absolute Gasteiger partial charge is 0.481 e. The third-order valence-electron chi connectivity index (χ3n) is 15.7. The highest BCUT2D eigenvalue weighted by atomic mass is 35.5. The van der Waals surface area contributed by atoms with Gasteiger partial charge in [-0.1, -0.05) is 71.2 Å². The summed E-state index contributed by atoms with van der Waals surface area (Å²) in [5.74, 6) is -6.15. The van der Waals surface area contributed by atoms with Crippen molar-refractivity contribution in [2.24, 2.45) is 0 Å². The molecule has 6 aromatic rings. The number of ether oxygens (including phenoxy) is 2. The molecule has 0 bridgehead atoms. The van der Waals surface area contributed by atoms with Gasteiger partial charge in [0.05, 0.1) is 61.7 Å². The van der Waals surface area contributed by atoms with E-state index in [9.17, 15) is 46.7 Å². The minimum atomic E-state index is -1.30. The molecule has 4 amide bonds. The molecule has 9 N–H and O–H groups in total. The summed E-state index contributed by atoms with van der Waals surface area (Å²) in [6, 6.07) is 24.8. The van der Waals surface area contributed by atoms with E-state index < -0.39 is 58.4 Å². The molecule has 0 unspecified atom stereocenters. The van der Waals surface area contributed by atoms with Crippen LogP contribution in [0.4, 0.5) is 39.8 Å². The molecule has 0 fully saturated rings. The lowest BCUT2D eigenvalue weighted by Crippen LogP contribution is -2.38. The number of aliphatic carboxylic acids is 2. The summed E-state index contributed by atoms with van der Waals surface area (Å²) < 4.78 is 53.9. The number of anilines is 3. The fourth-order valence-electron chi connectivity index (χ4n) is 10.9. The second-order valence-corrected chi connectivity index (χ2v) is 27.9. The summed E-state index contributed by atoms with van der Waals surface area (Å²) in [6.45, 7) is 23.5. The first-order chi connectivity index (χ1) is 47.1. The molecule has 0 radical (unpaired) electrons. The van der Waals surface area contributed by atoms with Crippen LogP contribution in [0.2, 0.25) is 15.1 Å². The summed E-state index contributed by atoms with van der Waals surface area (Å²) in [5, 5.41) is 45.3. The number of nitrogens with zero attached hydrogens (tertiary/aromatic N) is 2. The Balaban J connectivity index is 0.000000225. The first-order valence-electron chi connectivity index (χ1n) is 33.0. The summed E-state index contributed by atoms with van der Waals surface area (Å²) in [7, 11) is 0. The summed E-state index contributed by atoms with van der Waals surface area (Å²) in [6.07, 6.45) is 3.20. The average Bonchev–Trinajstić information content (AvgIpc) is 1.45. The maximum atomic E-state index is 14.6. The van der Waals surface area contributed by atoms with Gasteiger partial charge in [0.15, 0.2) is 0 Å². The number of hydrogen-bond acceptors (Lipinski definition) is 13. The van der Waals surface area contributed by atoms with Gasteiger partial charge in [0.2, 0.25) is 0 Å². The van der Waals surface area contributed by atoms with Crippen molar-refractivity contribution in [3.63, 3.8) is 0 Å². The normalized spacial score (nSPS) is 13.4. The van der Waals surface area contributed by atoms with Crippen LogP contribution in [0, 0.1) is 17.5 Å². The summed E-state index contributed by atoms with van der Waals surface area (Å²) in [5.41, 5.74) is 9.88. The Labute approximate surface area is 597 Å². The Kier molecular flexibility index (Phi) is 29.7. The quantitative estimate of drug-likeness (QED) is 0.0410. The van der Waals surface area contributed by atoms with Crippen LogP contribution in [0.15, 0.2) is 91.0 Å². The van der Waals surface area contributed by atoms with E-state index in [0.717, 1.165) is 70.8 Å². The lowest BCUT2D eigenvalue weighted by atomic mass is 10.0. The number of hydrogen-bond donors (Lipinski definition) is 9. The van der Waals surface area contributed by atoms with E-state index in [1.807, 2.05) is 93.5 Å². The van der Waals surface area contributed by atoms with Crippen molar-refractivity contribution >= 4 is 93.8 Å². The molecule has 20 nitrogen and oxygen atoms in total. The molecule has 3 aliphatic heterocycles. The van der Waals surface area contributed by atoms with E-state index >= 15 is 0 Å². The van der Waals surface area contributed by atoms with Gasteiger partial charge in [0.25, 0.3) is 11.8 Å². The lowest BCUT2D eigenvalue weighted by Gasteiger charge is -2.26.